The maximum atomic E-state index is 13.9. The van der Waals surface area contributed by atoms with Crippen LogP contribution in [-0.2, 0) is 6.54 Å². The van der Waals surface area contributed by atoms with E-state index >= 15 is 0 Å². The zero-order chi connectivity index (χ0) is 31.1. The van der Waals surface area contributed by atoms with Gasteiger partial charge in [0.2, 0.25) is 0 Å². The van der Waals surface area contributed by atoms with Gasteiger partial charge in [0.25, 0.3) is 23.6 Å². The number of hydrogen-bond donors (Lipinski definition) is 0. The van der Waals surface area contributed by atoms with Gasteiger partial charge in [-0.3, -0.25) is 29.1 Å². The fourth-order valence-electron chi connectivity index (χ4n) is 5.94. The number of nitrogens with zero attached hydrogens (tertiary/aromatic N) is 3. The van der Waals surface area contributed by atoms with Crippen molar-refractivity contribution in [2.75, 3.05) is 0 Å². The minimum Gasteiger partial charge on any atom is -0.269 e. The second kappa shape index (κ2) is 11.4. The average molecular weight is 578 g/mol. The van der Waals surface area contributed by atoms with Crippen molar-refractivity contribution in [1.82, 2.24) is 9.80 Å². The summed E-state index contributed by atoms with van der Waals surface area (Å²) in [5.74, 6) is -0.882. The van der Waals surface area contributed by atoms with Crippen LogP contribution < -0.4 is 0 Å². The van der Waals surface area contributed by atoms with Gasteiger partial charge in [-0.2, -0.15) is 0 Å². The SMILES string of the molecule is CCC(C)(CC)/C(=N\Cc1ccccc1)N1C(=O)c2ccc(-c3ccc4c(c3)C(=O)N(C(C)(CC)CC)C4=O)cc2C1=O. The van der Waals surface area contributed by atoms with Crippen LogP contribution in [-0.4, -0.2) is 44.8 Å². The minimum absolute atomic E-state index is 0.277. The number of amides is 4. The highest BCUT2D eigenvalue weighted by Gasteiger charge is 2.46. The number of rotatable bonds is 9. The Morgan fingerprint density at radius 2 is 1.12 bits per heavy atom. The molecule has 7 heteroatoms. The first-order valence-corrected chi connectivity index (χ1v) is 15.2. The summed E-state index contributed by atoms with van der Waals surface area (Å²) in [6.07, 6.45) is 2.74. The van der Waals surface area contributed by atoms with Crippen molar-refractivity contribution >= 4 is 29.5 Å². The zero-order valence-corrected chi connectivity index (χ0v) is 25.9. The van der Waals surface area contributed by atoms with E-state index in [4.69, 9.17) is 4.99 Å². The van der Waals surface area contributed by atoms with E-state index < -0.39 is 16.9 Å². The molecule has 0 fully saturated rings. The van der Waals surface area contributed by atoms with Gasteiger partial charge in [-0.15, -0.1) is 0 Å². The average Bonchev–Trinajstić information content (AvgIpc) is 3.44. The van der Waals surface area contributed by atoms with Crippen molar-refractivity contribution in [2.45, 2.75) is 79.3 Å². The first-order valence-electron chi connectivity index (χ1n) is 15.2. The van der Waals surface area contributed by atoms with Crippen LogP contribution in [0.3, 0.4) is 0 Å². The van der Waals surface area contributed by atoms with E-state index in [1.807, 2.05) is 71.9 Å². The van der Waals surface area contributed by atoms with Crippen molar-refractivity contribution < 1.29 is 19.2 Å². The van der Waals surface area contributed by atoms with Crippen LogP contribution in [0.15, 0.2) is 71.7 Å². The van der Waals surface area contributed by atoms with Crippen molar-refractivity contribution in [3.63, 3.8) is 0 Å². The lowest BCUT2D eigenvalue weighted by molar-refractivity contribution is 0.0434. The van der Waals surface area contributed by atoms with E-state index in [0.717, 1.165) is 5.56 Å². The van der Waals surface area contributed by atoms with E-state index in [2.05, 4.69) is 0 Å². The summed E-state index contributed by atoms with van der Waals surface area (Å²) in [6.45, 7) is 12.4. The molecule has 0 aromatic heterocycles. The number of benzene rings is 3. The maximum Gasteiger partial charge on any atom is 0.267 e. The van der Waals surface area contributed by atoms with Crippen LogP contribution in [0.25, 0.3) is 11.1 Å². The molecule has 43 heavy (non-hydrogen) atoms. The summed E-state index contributed by atoms with van der Waals surface area (Å²) >= 11 is 0. The smallest absolute Gasteiger partial charge is 0.267 e. The normalized spacial score (nSPS) is 15.4. The van der Waals surface area contributed by atoms with Gasteiger partial charge in [-0.1, -0.05) is 77.1 Å². The number of carbonyl (C=O) groups is 4. The largest absolute Gasteiger partial charge is 0.269 e. The summed E-state index contributed by atoms with van der Waals surface area (Å²) < 4.78 is 0. The molecular formula is C36H39N3O4. The molecule has 0 unspecified atom stereocenters. The summed E-state index contributed by atoms with van der Waals surface area (Å²) in [6, 6.07) is 20.2. The molecule has 0 N–H and O–H groups in total. The van der Waals surface area contributed by atoms with Crippen LogP contribution >= 0.6 is 0 Å². The number of aliphatic imine (C=N–C) groups is 1. The van der Waals surface area contributed by atoms with Crippen LogP contribution in [0, 0.1) is 5.41 Å². The number of hydrogen-bond acceptors (Lipinski definition) is 5. The van der Waals surface area contributed by atoms with Gasteiger partial charge in [0, 0.05) is 11.0 Å². The lowest BCUT2D eigenvalue weighted by atomic mass is 9.82. The van der Waals surface area contributed by atoms with E-state index in [1.165, 1.54) is 9.80 Å². The number of carbonyl (C=O) groups excluding carboxylic acids is 4. The Bertz CT molecular complexity index is 1650. The first-order chi connectivity index (χ1) is 20.5. The summed E-state index contributed by atoms with van der Waals surface area (Å²) in [5, 5.41) is 0. The Hall–Kier alpha value is -4.39. The van der Waals surface area contributed by atoms with Gasteiger partial charge in [0.15, 0.2) is 0 Å². The van der Waals surface area contributed by atoms with Gasteiger partial charge in [-0.25, -0.2) is 4.90 Å². The molecule has 7 nitrogen and oxygen atoms in total. The predicted octanol–water partition coefficient (Wildman–Crippen LogP) is 7.55. The maximum absolute atomic E-state index is 13.9. The molecule has 0 radical (unpaired) electrons. The van der Waals surface area contributed by atoms with E-state index in [1.54, 1.807) is 36.4 Å². The molecule has 0 atom stereocenters. The summed E-state index contributed by atoms with van der Waals surface area (Å²) in [4.78, 5) is 61.9. The number of imide groups is 2. The van der Waals surface area contributed by atoms with Gasteiger partial charge in [-0.05, 0) is 73.6 Å². The third kappa shape index (κ3) is 4.90. The van der Waals surface area contributed by atoms with Gasteiger partial charge >= 0.3 is 0 Å². The van der Waals surface area contributed by atoms with Gasteiger partial charge in [0.1, 0.15) is 5.84 Å². The van der Waals surface area contributed by atoms with E-state index in [9.17, 15) is 19.2 Å². The Kier molecular flexibility index (Phi) is 7.95. The van der Waals surface area contributed by atoms with Crippen LogP contribution in [0.5, 0.6) is 0 Å². The summed E-state index contributed by atoms with van der Waals surface area (Å²) in [5.41, 5.74) is 2.72. The molecule has 2 heterocycles. The monoisotopic (exact) mass is 577 g/mol. The highest BCUT2D eigenvalue weighted by molar-refractivity contribution is 6.30. The van der Waals surface area contributed by atoms with Crippen molar-refractivity contribution in [1.29, 1.82) is 0 Å². The predicted molar refractivity (Wildman–Crippen MR) is 168 cm³/mol. The highest BCUT2D eigenvalue weighted by Crippen LogP contribution is 2.38. The highest BCUT2D eigenvalue weighted by atomic mass is 16.2. The Morgan fingerprint density at radius 3 is 1.65 bits per heavy atom. The molecule has 0 bridgehead atoms. The number of fused-ring (bicyclic) bond motifs is 2. The zero-order valence-electron chi connectivity index (χ0n) is 25.9. The van der Waals surface area contributed by atoms with Crippen molar-refractivity contribution in [3.8, 4) is 11.1 Å². The molecule has 0 saturated heterocycles. The molecule has 3 aromatic rings. The quantitative estimate of drug-likeness (QED) is 0.149. The Morgan fingerprint density at radius 1 is 0.628 bits per heavy atom. The van der Waals surface area contributed by atoms with Crippen LogP contribution in [0.1, 0.15) is 114 Å². The fourth-order valence-corrected chi connectivity index (χ4v) is 5.94. The van der Waals surface area contributed by atoms with Gasteiger partial charge < -0.3 is 0 Å². The van der Waals surface area contributed by atoms with Crippen LogP contribution in [0.2, 0.25) is 0 Å². The second-order valence-corrected chi connectivity index (χ2v) is 12.0. The molecule has 0 aliphatic carbocycles. The van der Waals surface area contributed by atoms with E-state index in [0.29, 0.717) is 71.4 Å². The molecular weight excluding hydrogens is 538 g/mol. The molecule has 0 saturated carbocycles. The van der Waals surface area contributed by atoms with Crippen molar-refractivity contribution in [3.05, 3.63) is 94.5 Å². The molecule has 4 amide bonds. The second-order valence-electron chi connectivity index (χ2n) is 12.0. The molecule has 0 spiro atoms. The fraction of sp³-hybridized carbons (Fsp3) is 0.361. The molecule has 3 aromatic carbocycles. The van der Waals surface area contributed by atoms with Crippen molar-refractivity contribution in [2.24, 2.45) is 10.4 Å². The van der Waals surface area contributed by atoms with E-state index in [-0.39, 0.29) is 17.7 Å². The molecule has 5 rings (SSSR count). The first kappa shape index (κ1) is 30.1. The third-order valence-corrected chi connectivity index (χ3v) is 9.74. The standard InChI is InChI=1S/C36H39N3O4/c1-7-35(5,8-2)34(37-22-23-14-12-11-13-15-23)38-30(40)26-18-16-24(20-28(26)31(38)41)25-17-19-27-29(21-25)33(43)39(32(27)42)36(6,9-3)10-4/h11-21H,7-10,22H2,1-6H3/b37-34+. The van der Waals surface area contributed by atoms with Gasteiger partial charge in [0.05, 0.1) is 28.8 Å². The topological polar surface area (TPSA) is 87.1 Å². The lowest BCUT2D eigenvalue weighted by Gasteiger charge is -2.35. The lowest BCUT2D eigenvalue weighted by Crippen LogP contribution is -2.48. The summed E-state index contributed by atoms with van der Waals surface area (Å²) in [7, 11) is 0. The molecule has 2 aliphatic heterocycles. The van der Waals surface area contributed by atoms with Crippen LogP contribution in [0.4, 0.5) is 0 Å². The third-order valence-electron chi connectivity index (χ3n) is 9.74. The Balaban J connectivity index is 1.51. The minimum atomic E-state index is -0.567. The Labute approximate surface area is 253 Å². The molecule has 2 aliphatic rings. The molecule has 222 valence electrons. The number of amidine groups is 1.